The quantitative estimate of drug-likeness (QED) is 0.676. The summed E-state index contributed by atoms with van der Waals surface area (Å²) in [6.07, 6.45) is 0.707. The largest absolute Gasteiger partial charge is 0.462 e. The van der Waals surface area contributed by atoms with Gasteiger partial charge in [0.05, 0.1) is 12.6 Å². The standard InChI is InChI=1S/C22H29ClN4O4/c1-14(2)31-22-24-19-18(27(22)13-15-6-8-16(23)9-7-15)21(30)26(11-4-12-28)20(29)17-5-3-10-25(17)19/h6-9,14,17,21,28,30H,3-5,10-13H2,1-2H3. The van der Waals surface area contributed by atoms with Crippen LogP contribution in [0.3, 0.4) is 0 Å². The van der Waals surface area contributed by atoms with Crippen molar-refractivity contribution in [2.45, 2.75) is 58.0 Å². The van der Waals surface area contributed by atoms with Gasteiger partial charge in [0, 0.05) is 24.7 Å². The number of fused-ring (bicyclic) bond motifs is 3. The number of aliphatic hydroxyl groups excluding tert-OH is 2. The zero-order valence-electron chi connectivity index (χ0n) is 17.9. The number of imidazole rings is 1. The van der Waals surface area contributed by atoms with E-state index in [-0.39, 0.29) is 31.2 Å². The molecule has 1 fully saturated rings. The van der Waals surface area contributed by atoms with E-state index in [0.717, 1.165) is 12.0 Å². The summed E-state index contributed by atoms with van der Waals surface area (Å²) in [4.78, 5) is 21.5. The summed E-state index contributed by atoms with van der Waals surface area (Å²) in [5.41, 5.74) is 1.52. The minimum Gasteiger partial charge on any atom is -0.462 e. The number of aliphatic hydroxyl groups is 2. The van der Waals surface area contributed by atoms with Gasteiger partial charge in [-0.15, -0.1) is 0 Å². The number of anilines is 1. The number of ether oxygens (including phenoxy) is 1. The predicted octanol–water partition coefficient (Wildman–Crippen LogP) is 2.56. The lowest BCUT2D eigenvalue weighted by atomic mass is 10.2. The van der Waals surface area contributed by atoms with E-state index < -0.39 is 6.23 Å². The van der Waals surface area contributed by atoms with Crippen LogP contribution < -0.4 is 9.64 Å². The summed E-state index contributed by atoms with van der Waals surface area (Å²) in [5, 5.41) is 21.3. The van der Waals surface area contributed by atoms with Gasteiger partial charge in [-0.1, -0.05) is 23.7 Å². The molecule has 4 rings (SSSR count). The van der Waals surface area contributed by atoms with Crippen LogP contribution in [0.5, 0.6) is 6.01 Å². The minimum absolute atomic E-state index is 0.0521. The van der Waals surface area contributed by atoms with Gasteiger partial charge in [-0.25, -0.2) is 0 Å². The van der Waals surface area contributed by atoms with Crippen molar-refractivity contribution in [3.63, 3.8) is 0 Å². The molecule has 0 bridgehead atoms. The average Bonchev–Trinajstić information content (AvgIpc) is 3.32. The molecule has 1 saturated heterocycles. The van der Waals surface area contributed by atoms with Crippen LogP contribution in [0.15, 0.2) is 24.3 Å². The molecule has 1 aromatic heterocycles. The Hall–Kier alpha value is -2.29. The van der Waals surface area contributed by atoms with Crippen LogP contribution >= 0.6 is 11.6 Å². The molecule has 3 heterocycles. The summed E-state index contributed by atoms with van der Waals surface area (Å²) in [5.74, 6) is 0.472. The van der Waals surface area contributed by atoms with Gasteiger partial charge < -0.3 is 24.7 Å². The van der Waals surface area contributed by atoms with Gasteiger partial charge in [-0.05, 0) is 50.8 Å². The Morgan fingerprint density at radius 3 is 2.71 bits per heavy atom. The smallest absolute Gasteiger partial charge is 0.299 e. The molecular formula is C22H29ClN4O4. The number of carbonyl (C=O) groups excluding carboxylic acids is 1. The molecular weight excluding hydrogens is 420 g/mol. The topological polar surface area (TPSA) is 91.1 Å². The number of carbonyl (C=O) groups is 1. The van der Waals surface area contributed by atoms with E-state index in [1.54, 1.807) is 0 Å². The molecule has 31 heavy (non-hydrogen) atoms. The number of hydrogen-bond donors (Lipinski definition) is 2. The summed E-state index contributed by atoms with van der Waals surface area (Å²) in [7, 11) is 0. The minimum atomic E-state index is -1.18. The van der Waals surface area contributed by atoms with E-state index in [1.807, 2.05) is 47.6 Å². The highest BCUT2D eigenvalue weighted by Gasteiger charge is 2.44. The third-order valence-corrected chi connectivity index (χ3v) is 5.99. The molecule has 9 heteroatoms. The van der Waals surface area contributed by atoms with Gasteiger partial charge in [-0.3, -0.25) is 9.36 Å². The Morgan fingerprint density at radius 2 is 2.03 bits per heavy atom. The first-order valence-corrected chi connectivity index (χ1v) is 11.2. The number of halogens is 1. The van der Waals surface area contributed by atoms with E-state index in [4.69, 9.17) is 21.3 Å². The van der Waals surface area contributed by atoms with Crippen molar-refractivity contribution in [1.82, 2.24) is 14.5 Å². The third kappa shape index (κ3) is 4.24. The monoisotopic (exact) mass is 448 g/mol. The van der Waals surface area contributed by atoms with Crippen molar-refractivity contribution >= 4 is 23.3 Å². The van der Waals surface area contributed by atoms with E-state index >= 15 is 0 Å². The molecule has 1 aromatic carbocycles. The lowest BCUT2D eigenvalue weighted by Crippen LogP contribution is -2.45. The molecule has 168 valence electrons. The normalized spacial score (nSPS) is 20.8. The number of benzene rings is 1. The molecule has 2 unspecified atom stereocenters. The Morgan fingerprint density at radius 1 is 1.29 bits per heavy atom. The molecule has 2 atom stereocenters. The molecule has 2 N–H and O–H groups in total. The second-order valence-electron chi connectivity index (χ2n) is 8.32. The van der Waals surface area contributed by atoms with Gasteiger partial charge in [0.2, 0.25) is 5.91 Å². The molecule has 1 amide bonds. The fraction of sp³-hybridized carbons (Fsp3) is 0.545. The predicted molar refractivity (Wildman–Crippen MR) is 117 cm³/mol. The zero-order valence-corrected chi connectivity index (χ0v) is 18.6. The summed E-state index contributed by atoms with van der Waals surface area (Å²) >= 11 is 6.04. The SMILES string of the molecule is CC(C)Oc1nc2c(n1Cc1ccc(Cl)cc1)C(O)N(CCCO)C(=O)C1CCCN21. The molecule has 2 aliphatic heterocycles. The van der Waals surface area contributed by atoms with Gasteiger partial charge >= 0.3 is 0 Å². The fourth-order valence-electron chi connectivity index (χ4n) is 4.33. The number of aromatic nitrogens is 2. The highest BCUT2D eigenvalue weighted by Crippen LogP contribution is 2.40. The highest BCUT2D eigenvalue weighted by molar-refractivity contribution is 6.30. The second-order valence-corrected chi connectivity index (χ2v) is 8.75. The molecule has 2 aliphatic rings. The van der Waals surface area contributed by atoms with Crippen molar-refractivity contribution in [2.24, 2.45) is 0 Å². The average molecular weight is 449 g/mol. The van der Waals surface area contributed by atoms with Crippen molar-refractivity contribution < 1.29 is 19.7 Å². The number of nitrogens with zero attached hydrogens (tertiary/aromatic N) is 4. The highest BCUT2D eigenvalue weighted by atomic mass is 35.5. The van der Waals surface area contributed by atoms with Gasteiger partial charge in [0.25, 0.3) is 6.01 Å². The van der Waals surface area contributed by atoms with Crippen LogP contribution in [-0.2, 0) is 11.3 Å². The van der Waals surface area contributed by atoms with Crippen LogP contribution in [0.2, 0.25) is 5.02 Å². The molecule has 0 saturated carbocycles. The third-order valence-electron chi connectivity index (χ3n) is 5.74. The van der Waals surface area contributed by atoms with Crippen molar-refractivity contribution in [1.29, 1.82) is 0 Å². The van der Waals surface area contributed by atoms with E-state index in [0.29, 0.717) is 48.5 Å². The first-order chi connectivity index (χ1) is 14.9. The van der Waals surface area contributed by atoms with Crippen LogP contribution in [0.25, 0.3) is 0 Å². The van der Waals surface area contributed by atoms with Gasteiger partial charge in [0.15, 0.2) is 12.0 Å². The van der Waals surface area contributed by atoms with Crippen molar-refractivity contribution in [3.05, 3.63) is 40.5 Å². The van der Waals surface area contributed by atoms with Crippen LogP contribution in [-0.4, -0.2) is 62.4 Å². The Kier molecular flexibility index (Phi) is 6.41. The molecule has 0 radical (unpaired) electrons. The summed E-state index contributed by atoms with van der Waals surface area (Å²) in [6, 6.07) is 7.53. The molecule has 0 spiro atoms. The summed E-state index contributed by atoms with van der Waals surface area (Å²) in [6.45, 7) is 5.19. The maximum atomic E-state index is 13.2. The van der Waals surface area contributed by atoms with Gasteiger partial charge in [0.1, 0.15) is 11.7 Å². The maximum absolute atomic E-state index is 13.2. The van der Waals surface area contributed by atoms with Crippen molar-refractivity contribution in [3.8, 4) is 6.01 Å². The van der Waals surface area contributed by atoms with E-state index in [2.05, 4.69) is 0 Å². The molecule has 2 aromatic rings. The van der Waals surface area contributed by atoms with E-state index in [1.165, 1.54) is 4.90 Å². The lowest BCUT2D eigenvalue weighted by Gasteiger charge is -2.29. The zero-order chi connectivity index (χ0) is 22.1. The van der Waals surface area contributed by atoms with Crippen LogP contribution in [0, 0.1) is 0 Å². The fourth-order valence-corrected chi connectivity index (χ4v) is 4.46. The van der Waals surface area contributed by atoms with Crippen LogP contribution in [0.4, 0.5) is 5.82 Å². The van der Waals surface area contributed by atoms with Gasteiger partial charge in [-0.2, -0.15) is 4.98 Å². The number of hydrogen-bond acceptors (Lipinski definition) is 6. The first-order valence-electron chi connectivity index (χ1n) is 10.8. The molecule has 8 nitrogen and oxygen atoms in total. The second kappa shape index (κ2) is 9.06. The summed E-state index contributed by atoms with van der Waals surface area (Å²) < 4.78 is 7.87. The lowest BCUT2D eigenvalue weighted by molar-refractivity contribution is -0.143. The number of amides is 1. The Labute approximate surface area is 187 Å². The Bertz CT molecular complexity index is 930. The first kappa shape index (κ1) is 21.9. The molecule has 0 aliphatic carbocycles. The van der Waals surface area contributed by atoms with Crippen molar-refractivity contribution in [2.75, 3.05) is 24.6 Å². The maximum Gasteiger partial charge on any atom is 0.299 e. The number of rotatable bonds is 7. The van der Waals surface area contributed by atoms with E-state index in [9.17, 15) is 15.0 Å². The van der Waals surface area contributed by atoms with Crippen LogP contribution in [0.1, 0.15) is 50.6 Å². The Balaban J connectivity index is 1.83.